The summed E-state index contributed by atoms with van der Waals surface area (Å²) in [4.78, 5) is 17.9. The standard InChI is InChI=1S/C10H15BrN4O/c11-8-9(14-6-15-10(8)16)13-5-7-1-3-12-4-2-7/h6-7,12H,1-5H2,(H2,13,14,15,16). The maximum Gasteiger partial charge on any atom is 0.267 e. The smallest absolute Gasteiger partial charge is 0.267 e. The molecule has 5 nitrogen and oxygen atoms in total. The summed E-state index contributed by atoms with van der Waals surface area (Å²) in [6.07, 6.45) is 3.76. The van der Waals surface area contributed by atoms with Crippen LogP contribution >= 0.6 is 15.9 Å². The van der Waals surface area contributed by atoms with Gasteiger partial charge in [-0.05, 0) is 47.8 Å². The molecule has 0 unspecified atom stereocenters. The molecule has 1 aliphatic heterocycles. The van der Waals surface area contributed by atoms with Crippen LogP contribution in [0.5, 0.6) is 0 Å². The third kappa shape index (κ3) is 2.82. The summed E-state index contributed by atoms with van der Waals surface area (Å²) in [6.45, 7) is 3.03. The van der Waals surface area contributed by atoms with Crippen LogP contribution in [-0.2, 0) is 0 Å². The highest BCUT2D eigenvalue weighted by molar-refractivity contribution is 9.10. The second kappa shape index (κ2) is 5.45. The molecule has 0 aromatic carbocycles. The first-order chi connectivity index (χ1) is 7.77. The maximum atomic E-state index is 11.3. The molecule has 2 rings (SSSR count). The van der Waals surface area contributed by atoms with E-state index in [4.69, 9.17) is 0 Å². The van der Waals surface area contributed by atoms with E-state index in [9.17, 15) is 4.79 Å². The number of hydrogen-bond donors (Lipinski definition) is 3. The highest BCUT2D eigenvalue weighted by Gasteiger charge is 2.13. The lowest BCUT2D eigenvalue weighted by molar-refractivity contribution is 0.389. The van der Waals surface area contributed by atoms with Crippen LogP contribution in [0.4, 0.5) is 5.82 Å². The largest absolute Gasteiger partial charge is 0.369 e. The fourth-order valence-corrected chi connectivity index (χ4v) is 2.19. The molecule has 1 aromatic rings. The van der Waals surface area contributed by atoms with E-state index in [0.29, 0.717) is 16.2 Å². The van der Waals surface area contributed by atoms with Crippen LogP contribution in [0.15, 0.2) is 15.6 Å². The van der Waals surface area contributed by atoms with Crippen LogP contribution in [0.1, 0.15) is 12.8 Å². The van der Waals surface area contributed by atoms with E-state index in [-0.39, 0.29) is 5.56 Å². The molecule has 0 amide bonds. The third-order valence-corrected chi connectivity index (χ3v) is 3.55. The topological polar surface area (TPSA) is 69.8 Å². The monoisotopic (exact) mass is 286 g/mol. The van der Waals surface area contributed by atoms with Crippen LogP contribution in [0.2, 0.25) is 0 Å². The molecular formula is C10H15BrN4O. The van der Waals surface area contributed by atoms with Crippen molar-refractivity contribution in [2.75, 3.05) is 25.0 Å². The minimum Gasteiger partial charge on any atom is -0.369 e. The summed E-state index contributed by atoms with van der Waals surface area (Å²) in [6, 6.07) is 0. The Morgan fingerprint density at radius 3 is 3.00 bits per heavy atom. The average Bonchev–Trinajstić information content (AvgIpc) is 2.32. The summed E-state index contributed by atoms with van der Waals surface area (Å²) >= 11 is 3.22. The second-order valence-electron chi connectivity index (χ2n) is 3.97. The van der Waals surface area contributed by atoms with Crippen molar-refractivity contribution in [1.29, 1.82) is 0 Å². The molecule has 0 saturated carbocycles. The summed E-state index contributed by atoms with van der Waals surface area (Å²) in [5.41, 5.74) is -0.150. The van der Waals surface area contributed by atoms with Gasteiger partial charge in [0.2, 0.25) is 0 Å². The number of nitrogens with zero attached hydrogens (tertiary/aromatic N) is 1. The minimum absolute atomic E-state index is 0.150. The van der Waals surface area contributed by atoms with Gasteiger partial charge in [-0.15, -0.1) is 0 Å². The summed E-state index contributed by atoms with van der Waals surface area (Å²) in [5.74, 6) is 1.29. The van der Waals surface area contributed by atoms with Crippen molar-refractivity contribution in [3.8, 4) is 0 Å². The summed E-state index contributed by atoms with van der Waals surface area (Å²) in [7, 11) is 0. The van der Waals surface area contributed by atoms with Gasteiger partial charge in [-0.3, -0.25) is 4.79 Å². The third-order valence-electron chi connectivity index (χ3n) is 2.81. The van der Waals surface area contributed by atoms with Crippen LogP contribution in [0.3, 0.4) is 0 Å². The highest BCUT2D eigenvalue weighted by Crippen LogP contribution is 2.16. The van der Waals surface area contributed by atoms with E-state index in [1.807, 2.05) is 0 Å². The van der Waals surface area contributed by atoms with Crippen molar-refractivity contribution in [2.24, 2.45) is 5.92 Å². The number of halogens is 1. The van der Waals surface area contributed by atoms with E-state index < -0.39 is 0 Å². The number of piperidine rings is 1. The molecule has 3 N–H and O–H groups in total. The van der Waals surface area contributed by atoms with Crippen molar-refractivity contribution >= 4 is 21.7 Å². The molecule has 2 heterocycles. The fourth-order valence-electron chi connectivity index (χ4n) is 1.83. The number of aromatic amines is 1. The van der Waals surface area contributed by atoms with Crippen molar-refractivity contribution < 1.29 is 0 Å². The van der Waals surface area contributed by atoms with Crippen LogP contribution < -0.4 is 16.2 Å². The van der Waals surface area contributed by atoms with Gasteiger partial charge in [-0.1, -0.05) is 0 Å². The molecule has 6 heteroatoms. The van der Waals surface area contributed by atoms with Gasteiger partial charge >= 0.3 is 0 Å². The normalized spacial score (nSPS) is 17.3. The average molecular weight is 287 g/mol. The van der Waals surface area contributed by atoms with Crippen molar-refractivity contribution in [1.82, 2.24) is 15.3 Å². The van der Waals surface area contributed by atoms with Gasteiger partial charge in [-0.25, -0.2) is 4.98 Å². The van der Waals surface area contributed by atoms with Crippen molar-refractivity contribution in [3.63, 3.8) is 0 Å². The van der Waals surface area contributed by atoms with Gasteiger partial charge < -0.3 is 15.6 Å². The molecule has 0 bridgehead atoms. The Morgan fingerprint density at radius 2 is 2.25 bits per heavy atom. The number of nitrogens with one attached hydrogen (secondary N) is 3. The molecular weight excluding hydrogens is 272 g/mol. The predicted octanol–water partition coefficient (Wildman–Crippen LogP) is 0.944. The van der Waals surface area contributed by atoms with Gasteiger partial charge in [0.25, 0.3) is 5.56 Å². The molecule has 0 spiro atoms. The van der Waals surface area contributed by atoms with Gasteiger partial charge in [0.05, 0.1) is 6.33 Å². The maximum absolute atomic E-state index is 11.3. The number of aromatic nitrogens is 2. The number of H-pyrrole nitrogens is 1. The Labute approximate surface area is 102 Å². The second-order valence-corrected chi connectivity index (χ2v) is 4.76. The molecule has 0 atom stereocenters. The van der Waals surface area contributed by atoms with E-state index in [1.54, 1.807) is 0 Å². The van der Waals surface area contributed by atoms with Gasteiger partial charge in [-0.2, -0.15) is 0 Å². The quantitative estimate of drug-likeness (QED) is 0.774. The zero-order valence-electron chi connectivity index (χ0n) is 8.92. The van der Waals surface area contributed by atoms with Crippen LogP contribution in [0, 0.1) is 5.92 Å². The van der Waals surface area contributed by atoms with Crippen LogP contribution in [-0.4, -0.2) is 29.6 Å². The fraction of sp³-hybridized carbons (Fsp3) is 0.600. The molecule has 88 valence electrons. The Morgan fingerprint density at radius 1 is 1.50 bits per heavy atom. The zero-order valence-corrected chi connectivity index (χ0v) is 10.5. The minimum atomic E-state index is -0.150. The van der Waals surface area contributed by atoms with E-state index >= 15 is 0 Å². The molecule has 0 aliphatic carbocycles. The molecule has 1 aromatic heterocycles. The zero-order chi connectivity index (χ0) is 11.4. The molecule has 16 heavy (non-hydrogen) atoms. The molecule has 1 saturated heterocycles. The lowest BCUT2D eigenvalue weighted by Gasteiger charge is -2.23. The van der Waals surface area contributed by atoms with Crippen molar-refractivity contribution in [3.05, 3.63) is 21.2 Å². The Bertz CT molecular complexity index is 400. The van der Waals surface area contributed by atoms with E-state index in [2.05, 4.69) is 36.5 Å². The van der Waals surface area contributed by atoms with Gasteiger partial charge in [0.15, 0.2) is 0 Å². The Hall–Kier alpha value is -0.880. The SMILES string of the molecule is O=c1[nH]cnc(NCC2CCNCC2)c1Br. The first kappa shape index (κ1) is 11.6. The lowest BCUT2D eigenvalue weighted by atomic mass is 9.98. The number of rotatable bonds is 3. The first-order valence-corrected chi connectivity index (χ1v) is 6.24. The van der Waals surface area contributed by atoms with Gasteiger partial charge in [0.1, 0.15) is 10.3 Å². The summed E-state index contributed by atoms with van der Waals surface area (Å²) < 4.78 is 0.476. The molecule has 1 fully saturated rings. The van der Waals surface area contributed by atoms with Gasteiger partial charge in [0, 0.05) is 6.54 Å². The Balaban J connectivity index is 1.93. The van der Waals surface area contributed by atoms with Crippen molar-refractivity contribution in [2.45, 2.75) is 12.8 Å². The number of hydrogen-bond acceptors (Lipinski definition) is 4. The molecule has 0 radical (unpaired) electrons. The summed E-state index contributed by atoms with van der Waals surface area (Å²) in [5, 5.41) is 6.54. The number of anilines is 1. The van der Waals surface area contributed by atoms with E-state index in [0.717, 1.165) is 19.6 Å². The first-order valence-electron chi connectivity index (χ1n) is 5.45. The predicted molar refractivity (Wildman–Crippen MR) is 66.6 cm³/mol. The molecule has 1 aliphatic rings. The van der Waals surface area contributed by atoms with Crippen LogP contribution in [0.25, 0.3) is 0 Å². The Kier molecular flexibility index (Phi) is 3.95. The highest BCUT2D eigenvalue weighted by atomic mass is 79.9. The van der Waals surface area contributed by atoms with E-state index in [1.165, 1.54) is 19.2 Å². The lowest BCUT2D eigenvalue weighted by Crippen LogP contribution is -2.31.